The third-order valence-corrected chi connectivity index (χ3v) is 3.60. The summed E-state index contributed by atoms with van der Waals surface area (Å²) in [5, 5.41) is 0. The Morgan fingerprint density at radius 1 is 1.12 bits per heavy atom. The zero-order valence-electron chi connectivity index (χ0n) is 5.07. The fourth-order valence-electron chi connectivity index (χ4n) is 1.08. The first-order chi connectivity index (χ1) is 3.93. The Balaban J connectivity index is 2.13. The lowest BCUT2D eigenvalue weighted by atomic mass is 10.2. The van der Waals surface area contributed by atoms with E-state index in [4.69, 9.17) is 10.0 Å². The second-order valence-corrected chi connectivity index (χ2v) is 4.15. The zero-order valence-corrected chi connectivity index (χ0v) is 7.24. The molecule has 0 radical (unpaired) electrons. The van der Waals surface area contributed by atoms with Crippen molar-refractivity contribution in [3.8, 4) is 0 Å². The van der Waals surface area contributed by atoms with E-state index in [0.717, 1.165) is 0 Å². The van der Waals surface area contributed by atoms with E-state index in [9.17, 15) is 0 Å². The van der Waals surface area contributed by atoms with Gasteiger partial charge < -0.3 is 3.88 Å². The van der Waals surface area contributed by atoms with Gasteiger partial charge in [-0.3, -0.25) is 0 Å². The molecule has 0 atom stereocenters. The summed E-state index contributed by atoms with van der Waals surface area (Å²) in [6, 6.07) is 0. The Hall–Kier alpha value is 0.782. The molecule has 0 unspecified atom stereocenters. The molecule has 1 saturated heterocycles. The van der Waals surface area contributed by atoms with Crippen molar-refractivity contribution >= 4 is 24.6 Å². The van der Waals surface area contributed by atoms with Gasteiger partial charge in [-0.2, -0.15) is 0 Å². The van der Waals surface area contributed by atoms with Crippen molar-refractivity contribution < 1.29 is 0 Å². The zero-order chi connectivity index (χ0) is 5.82. The van der Waals surface area contributed by atoms with E-state index in [2.05, 4.69) is 3.88 Å². The van der Waals surface area contributed by atoms with Crippen LogP contribution >= 0.6 is 10.0 Å². The van der Waals surface area contributed by atoms with Crippen LogP contribution in [-0.2, 0) is 0 Å². The molecule has 1 fully saturated rings. The Kier molecular flexibility index (Phi) is 3.22. The minimum absolute atomic E-state index is 0.326. The molecule has 0 aromatic heterocycles. The first-order valence-corrected chi connectivity index (χ1v) is 5.99. The fraction of sp³-hybridized carbons (Fsp3) is 1.00. The molecule has 0 aliphatic carbocycles. The molecule has 1 heterocycles. The monoisotopic (exact) mass is 147 g/mol. The average molecular weight is 148 g/mol. The molecule has 0 amide bonds. The lowest BCUT2D eigenvalue weighted by Crippen LogP contribution is -2.30. The van der Waals surface area contributed by atoms with Gasteiger partial charge in [-0.1, -0.05) is 6.42 Å². The highest BCUT2D eigenvalue weighted by molar-refractivity contribution is 6.92. The molecule has 0 aromatic carbocycles. The van der Waals surface area contributed by atoms with Gasteiger partial charge in [0.25, 0.3) is 0 Å². The number of rotatable bonds is 1. The predicted molar refractivity (Wildman–Crippen MR) is 38.4 cm³/mol. The van der Waals surface area contributed by atoms with Gasteiger partial charge in [0.15, 0.2) is 0 Å². The maximum Gasteiger partial charge on any atom is 0.480 e. The number of hydrogen-bond donors (Lipinski definition) is 0. The van der Waals surface area contributed by atoms with E-state index < -0.39 is 0 Å². The lowest BCUT2D eigenvalue weighted by molar-refractivity contribution is 0.365. The molecule has 0 saturated carbocycles. The van der Waals surface area contributed by atoms with Crippen LogP contribution in [0.5, 0.6) is 0 Å². The molecule has 1 aliphatic rings. The Bertz CT molecular complexity index is 63.4. The third-order valence-electron chi connectivity index (χ3n) is 1.62. The molecule has 0 bridgehead atoms. The Morgan fingerprint density at radius 3 is 2.12 bits per heavy atom. The van der Waals surface area contributed by atoms with Gasteiger partial charge in [-0.05, 0) is 25.9 Å². The van der Waals surface area contributed by atoms with E-state index in [1.165, 1.54) is 32.4 Å². The summed E-state index contributed by atoms with van der Waals surface area (Å²) in [6.07, 6.45) is 4.17. The van der Waals surface area contributed by atoms with Crippen molar-refractivity contribution in [3.63, 3.8) is 0 Å². The Morgan fingerprint density at radius 2 is 1.75 bits per heavy atom. The molecule has 46 valence electrons. The van der Waals surface area contributed by atoms with Crippen molar-refractivity contribution in [1.82, 2.24) is 3.88 Å². The fourth-order valence-corrected chi connectivity index (χ4v) is 2.48. The van der Waals surface area contributed by atoms with E-state index in [-0.39, 0.29) is 14.5 Å². The summed E-state index contributed by atoms with van der Waals surface area (Å²) in [6.45, 7) is 2.55. The van der Waals surface area contributed by atoms with Crippen LogP contribution in [0.15, 0.2) is 0 Å². The van der Waals surface area contributed by atoms with E-state index in [1.54, 1.807) is 0 Å². The second-order valence-electron chi connectivity index (χ2n) is 2.30. The number of nitrogens with zero attached hydrogens (tertiary/aromatic N) is 1. The van der Waals surface area contributed by atoms with Crippen LogP contribution in [0.25, 0.3) is 0 Å². The predicted octanol–water partition coefficient (Wildman–Crippen LogP) is 0.978. The molecule has 0 N–H and O–H groups in total. The van der Waals surface area contributed by atoms with E-state index >= 15 is 0 Å². The minimum Gasteiger partial charge on any atom is -0.375 e. The van der Waals surface area contributed by atoms with Gasteiger partial charge in [0, 0.05) is 0 Å². The molecule has 1 aliphatic heterocycles. The molecule has 0 spiro atoms. The normalized spacial score (nSPS) is 23.1. The van der Waals surface area contributed by atoms with Crippen LogP contribution in [0.3, 0.4) is 0 Å². The first-order valence-electron chi connectivity index (χ1n) is 3.22. The van der Waals surface area contributed by atoms with Crippen LogP contribution < -0.4 is 0 Å². The first kappa shape index (κ1) is 6.90. The SMILES string of the molecule is [Cl][AlH][N]1CCCCC1. The van der Waals surface area contributed by atoms with Crippen LogP contribution in [0.2, 0.25) is 0 Å². The average Bonchev–Trinajstić information content (AvgIpc) is 1.90. The topological polar surface area (TPSA) is 3.24 Å². The van der Waals surface area contributed by atoms with Crippen LogP contribution in [0.4, 0.5) is 0 Å². The molecule has 0 aromatic rings. The van der Waals surface area contributed by atoms with Crippen molar-refractivity contribution in [2.24, 2.45) is 0 Å². The Labute approximate surface area is 61.1 Å². The van der Waals surface area contributed by atoms with Gasteiger partial charge in [-0.25, -0.2) is 10.0 Å². The second kappa shape index (κ2) is 3.74. The summed E-state index contributed by atoms with van der Waals surface area (Å²) in [5.74, 6) is 0. The largest absolute Gasteiger partial charge is 0.480 e. The summed E-state index contributed by atoms with van der Waals surface area (Å²) >= 11 is -0.326. The van der Waals surface area contributed by atoms with Gasteiger partial charge in [0.05, 0.1) is 0 Å². The van der Waals surface area contributed by atoms with Crippen molar-refractivity contribution in [3.05, 3.63) is 0 Å². The summed E-state index contributed by atoms with van der Waals surface area (Å²) in [5.41, 5.74) is 0. The quantitative estimate of drug-likeness (QED) is 0.500. The standard InChI is InChI=1S/C5H10N.Al.ClH.H/c1-2-4-6-5-3-1;;;/h1-5H2;;1H;/q-1;+2;;/p-1. The number of piperidine rings is 1. The molecular weight excluding hydrogens is 136 g/mol. The smallest absolute Gasteiger partial charge is 0.375 e. The van der Waals surface area contributed by atoms with Gasteiger partial charge in [0.2, 0.25) is 0 Å². The van der Waals surface area contributed by atoms with Crippen LogP contribution in [-0.4, -0.2) is 31.5 Å². The molecule has 1 nitrogen and oxygen atoms in total. The minimum atomic E-state index is -0.326. The van der Waals surface area contributed by atoms with Crippen LogP contribution in [0.1, 0.15) is 19.3 Å². The van der Waals surface area contributed by atoms with Crippen molar-refractivity contribution in [2.45, 2.75) is 19.3 Å². The third kappa shape index (κ3) is 1.95. The number of halogens is 1. The summed E-state index contributed by atoms with van der Waals surface area (Å²) in [4.78, 5) is 0. The summed E-state index contributed by atoms with van der Waals surface area (Å²) in [7, 11) is 5.75. The van der Waals surface area contributed by atoms with Crippen LogP contribution in [0, 0.1) is 0 Å². The molecular formula is C5H11AlClN. The number of hydrogen-bond acceptors (Lipinski definition) is 1. The van der Waals surface area contributed by atoms with E-state index in [0.29, 0.717) is 0 Å². The van der Waals surface area contributed by atoms with Gasteiger partial charge >= 0.3 is 14.5 Å². The summed E-state index contributed by atoms with van der Waals surface area (Å²) < 4.78 is 2.42. The van der Waals surface area contributed by atoms with Gasteiger partial charge in [-0.15, -0.1) is 0 Å². The van der Waals surface area contributed by atoms with E-state index in [1.807, 2.05) is 0 Å². The van der Waals surface area contributed by atoms with Gasteiger partial charge in [0.1, 0.15) is 0 Å². The molecule has 3 heteroatoms. The maximum atomic E-state index is 5.75. The maximum absolute atomic E-state index is 5.75. The van der Waals surface area contributed by atoms with Crippen molar-refractivity contribution in [1.29, 1.82) is 0 Å². The van der Waals surface area contributed by atoms with Crippen molar-refractivity contribution in [2.75, 3.05) is 13.1 Å². The lowest BCUT2D eigenvalue weighted by Gasteiger charge is -2.23. The molecule has 1 rings (SSSR count). The highest BCUT2D eigenvalue weighted by Gasteiger charge is 2.08. The highest BCUT2D eigenvalue weighted by Crippen LogP contribution is 2.06. The molecule has 8 heavy (non-hydrogen) atoms. The highest BCUT2D eigenvalue weighted by atomic mass is 35.6.